The Morgan fingerprint density at radius 2 is 1.97 bits per heavy atom. The van der Waals surface area contributed by atoms with Gasteiger partial charge in [0.1, 0.15) is 11.9 Å². The zero-order valence-electron chi connectivity index (χ0n) is 17.5. The lowest BCUT2D eigenvalue weighted by molar-refractivity contribution is 0.0784. The normalized spacial score (nSPS) is 18.6. The second kappa shape index (κ2) is 7.97. The molecule has 2 aromatic carbocycles. The van der Waals surface area contributed by atoms with Crippen molar-refractivity contribution >= 4 is 44.2 Å². The number of carbonyl (C=O) groups excluding carboxylic acids is 1. The molecule has 3 heterocycles. The van der Waals surface area contributed by atoms with Crippen LogP contribution in [0, 0.1) is 0 Å². The van der Waals surface area contributed by atoms with E-state index in [9.17, 15) is 13.2 Å². The molecule has 3 aromatic rings. The molecular weight excluding hydrogens is 454 g/mol. The Morgan fingerprint density at radius 3 is 2.72 bits per heavy atom. The van der Waals surface area contributed by atoms with Crippen LogP contribution in [0.3, 0.4) is 0 Å². The van der Waals surface area contributed by atoms with E-state index < -0.39 is 10.0 Å². The minimum absolute atomic E-state index is 0.0475. The van der Waals surface area contributed by atoms with Crippen molar-refractivity contribution in [2.45, 2.75) is 37.2 Å². The van der Waals surface area contributed by atoms with E-state index in [1.807, 2.05) is 6.92 Å². The van der Waals surface area contributed by atoms with Crippen LogP contribution in [0.2, 0.25) is 5.02 Å². The number of fused-ring (bicyclic) bond motifs is 2. The van der Waals surface area contributed by atoms with Gasteiger partial charge in [0.15, 0.2) is 11.3 Å². The van der Waals surface area contributed by atoms with E-state index in [0.717, 1.165) is 12.8 Å². The summed E-state index contributed by atoms with van der Waals surface area (Å²) in [6, 6.07) is 9.40. The van der Waals surface area contributed by atoms with Gasteiger partial charge in [0, 0.05) is 18.1 Å². The Labute approximate surface area is 190 Å². The van der Waals surface area contributed by atoms with Gasteiger partial charge in [-0.2, -0.15) is 0 Å². The Hall–Kier alpha value is -2.78. The van der Waals surface area contributed by atoms with Crippen molar-refractivity contribution in [2.24, 2.45) is 0 Å². The zero-order chi connectivity index (χ0) is 22.5. The molecule has 1 fully saturated rings. The fraction of sp³-hybridized carbons (Fsp3) is 0.364. The number of benzene rings is 2. The maximum absolute atomic E-state index is 13.7. The molecule has 1 saturated heterocycles. The number of aromatic nitrogens is 1. The third-order valence-electron chi connectivity index (χ3n) is 5.93. The number of sulfonamides is 1. The number of amides is 1. The molecule has 1 atom stereocenters. The molecule has 10 heteroatoms. The van der Waals surface area contributed by atoms with Gasteiger partial charge in [-0.25, -0.2) is 8.42 Å². The van der Waals surface area contributed by atoms with Crippen molar-refractivity contribution in [1.82, 2.24) is 10.1 Å². The average molecular weight is 476 g/mol. The summed E-state index contributed by atoms with van der Waals surface area (Å²) < 4.78 is 40.0. The molecule has 1 amide bonds. The number of anilines is 1. The molecule has 0 N–H and O–H groups in total. The molecule has 32 heavy (non-hydrogen) atoms. The molecule has 0 spiro atoms. The highest BCUT2D eigenvalue weighted by Gasteiger charge is 2.35. The zero-order valence-corrected chi connectivity index (χ0v) is 19.0. The maximum Gasteiger partial charge on any atom is 0.276 e. The first-order chi connectivity index (χ1) is 15.4. The second-order valence-corrected chi connectivity index (χ2v) is 10.3. The van der Waals surface area contributed by atoms with E-state index in [4.69, 9.17) is 20.9 Å². The monoisotopic (exact) mass is 475 g/mol. The lowest BCUT2D eigenvalue weighted by atomic mass is 10.2. The first-order valence-corrected chi connectivity index (χ1v) is 12.4. The van der Waals surface area contributed by atoms with Gasteiger partial charge in [0.25, 0.3) is 15.9 Å². The summed E-state index contributed by atoms with van der Waals surface area (Å²) in [5.74, 6) is 0.220. The number of carbonyl (C=O) groups is 1. The molecule has 0 bridgehead atoms. The lowest BCUT2D eigenvalue weighted by Crippen LogP contribution is -2.43. The Bertz CT molecular complexity index is 1300. The Morgan fingerprint density at radius 1 is 1.19 bits per heavy atom. The van der Waals surface area contributed by atoms with Crippen LogP contribution in [0.5, 0.6) is 5.75 Å². The van der Waals surface area contributed by atoms with E-state index in [1.165, 1.54) is 22.5 Å². The molecule has 0 saturated carbocycles. The molecule has 5 rings (SSSR count). The summed E-state index contributed by atoms with van der Waals surface area (Å²) in [5.41, 5.74) is 0.889. The van der Waals surface area contributed by atoms with Crippen molar-refractivity contribution in [3.63, 3.8) is 0 Å². The van der Waals surface area contributed by atoms with E-state index in [-0.39, 0.29) is 29.1 Å². The highest BCUT2D eigenvalue weighted by atomic mass is 35.5. The topological polar surface area (TPSA) is 93.0 Å². The van der Waals surface area contributed by atoms with Gasteiger partial charge in [0.05, 0.1) is 22.5 Å². The molecule has 0 aliphatic carbocycles. The summed E-state index contributed by atoms with van der Waals surface area (Å²) in [7, 11) is -3.97. The quantitative estimate of drug-likeness (QED) is 0.564. The van der Waals surface area contributed by atoms with Crippen LogP contribution in [-0.4, -0.2) is 50.1 Å². The summed E-state index contributed by atoms with van der Waals surface area (Å²) in [6.07, 6.45) is 2.25. The smallest absolute Gasteiger partial charge is 0.276 e. The predicted octanol–water partition coefficient (Wildman–Crippen LogP) is 4.08. The Kier molecular flexibility index (Phi) is 5.25. The van der Waals surface area contributed by atoms with Crippen LogP contribution in [0.25, 0.3) is 11.0 Å². The summed E-state index contributed by atoms with van der Waals surface area (Å²) >= 11 is 6.15. The number of nitrogens with zero attached hydrogens (tertiary/aromatic N) is 3. The van der Waals surface area contributed by atoms with E-state index >= 15 is 0 Å². The van der Waals surface area contributed by atoms with Crippen molar-refractivity contribution < 1.29 is 22.5 Å². The molecule has 2 aliphatic heterocycles. The third kappa shape index (κ3) is 3.49. The van der Waals surface area contributed by atoms with Crippen LogP contribution in [0.15, 0.2) is 45.8 Å². The second-order valence-electron chi connectivity index (χ2n) is 7.98. The number of hydrogen-bond donors (Lipinski definition) is 0. The Balaban J connectivity index is 1.58. The van der Waals surface area contributed by atoms with Gasteiger partial charge in [0.2, 0.25) is 0 Å². The van der Waals surface area contributed by atoms with Gasteiger partial charge in [-0.05, 0) is 55.7 Å². The first kappa shape index (κ1) is 21.1. The fourth-order valence-corrected chi connectivity index (χ4v) is 5.85. The fourth-order valence-electron chi connectivity index (χ4n) is 4.15. The first-order valence-electron chi connectivity index (χ1n) is 10.6. The molecule has 1 aromatic heterocycles. The minimum atomic E-state index is -3.97. The van der Waals surface area contributed by atoms with Gasteiger partial charge in [-0.15, -0.1) is 0 Å². The molecule has 8 nitrogen and oxygen atoms in total. The van der Waals surface area contributed by atoms with Gasteiger partial charge in [-0.3, -0.25) is 9.10 Å². The van der Waals surface area contributed by atoms with E-state index in [1.54, 1.807) is 23.1 Å². The highest BCUT2D eigenvalue weighted by molar-refractivity contribution is 7.92. The largest absolute Gasteiger partial charge is 0.486 e. The van der Waals surface area contributed by atoms with E-state index in [2.05, 4.69) is 5.16 Å². The van der Waals surface area contributed by atoms with Crippen LogP contribution in [0.4, 0.5) is 5.69 Å². The standard InChI is InChI=1S/C22H22ClN3O5S/c1-2-15-13-26(18-11-14(23)5-7-20(18)30-15)32(28,29)16-6-8-19-17(12-16)21(24-31-19)22(27)25-9-3-4-10-25/h5-8,11-12,15H,2-4,9-10,13H2,1H3. The number of rotatable bonds is 4. The van der Waals surface area contributed by atoms with Gasteiger partial charge < -0.3 is 14.2 Å². The van der Waals surface area contributed by atoms with E-state index in [0.29, 0.717) is 46.9 Å². The predicted molar refractivity (Wildman–Crippen MR) is 120 cm³/mol. The van der Waals surface area contributed by atoms with Crippen LogP contribution in [0.1, 0.15) is 36.7 Å². The van der Waals surface area contributed by atoms with Crippen molar-refractivity contribution in [3.8, 4) is 5.75 Å². The number of ether oxygens (including phenoxy) is 1. The molecule has 0 radical (unpaired) electrons. The summed E-state index contributed by atoms with van der Waals surface area (Å²) in [6.45, 7) is 3.42. The molecule has 168 valence electrons. The van der Waals surface area contributed by atoms with Crippen molar-refractivity contribution in [2.75, 3.05) is 23.9 Å². The van der Waals surface area contributed by atoms with Crippen molar-refractivity contribution in [3.05, 3.63) is 47.1 Å². The number of likely N-dealkylation sites (tertiary alicyclic amines) is 1. The number of hydrogen-bond acceptors (Lipinski definition) is 6. The summed E-state index contributed by atoms with van der Waals surface area (Å²) in [5, 5.41) is 4.73. The molecule has 1 unspecified atom stereocenters. The van der Waals surface area contributed by atoms with Crippen LogP contribution in [-0.2, 0) is 10.0 Å². The number of halogens is 1. The maximum atomic E-state index is 13.7. The summed E-state index contributed by atoms with van der Waals surface area (Å²) in [4.78, 5) is 14.6. The highest BCUT2D eigenvalue weighted by Crippen LogP contribution is 2.39. The third-order valence-corrected chi connectivity index (χ3v) is 7.94. The van der Waals surface area contributed by atoms with Crippen molar-refractivity contribution in [1.29, 1.82) is 0 Å². The lowest BCUT2D eigenvalue weighted by Gasteiger charge is -2.35. The van der Waals surface area contributed by atoms with Crippen LogP contribution >= 0.6 is 11.6 Å². The van der Waals surface area contributed by atoms with Crippen LogP contribution < -0.4 is 9.04 Å². The molecule has 2 aliphatic rings. The van der Waals surface area contributed by atoms with Gasteiger partial charge in [-0.1, -0.05) is 23.7 Å². The minimum Gasteiger partial charge on any atom is -0.486 e. The van der Waals surface area contributed by atoms with Gasteiger partial charge >= 0.3 is 0 Å². The average Bonchev–Trinajstić information content (AvgIpc) is 3.47. The molecular formula is C22H22ClN3O5S. The SMILES string of the molecule is CCC1CN(S(=O)(=O)c2ccc3onc(C(=O)N4CCCC4)c3c2)c2cc(Cl)ccc2O1.